The van der Waals surface area contributed by atoms with Gasteiger partial charge in [-0.05, 0) is 22.0 Å². The van der Waals surface area contributed by atoms with Crippen molar-refractivity contribution in [1.29, 1.82) is 0 Å². The van der Waals surface area contributed by atoms with Crippen molar-refractivity contribution in [3.8, 4) is 0 Å². The van der Waals surface area contributed by atoms with E-state index in [0.717, 1.165) is 49.4 Å². The van der Waals surface area contributed by atoms with E-state index in [-0.39, 0.29) is 10.6 Å². The molecule has 0 bridgehead atoms. The zero-order valence-electron chi connectivity index (χ0n) is 11.1. The van der Waals surface area contributed by atoms with Crippen LogP contribution in [-0.2, 0) is 0 Å². The molecule has 0 unspecified atom stereocenters. The molecule has 0 radical (unpaired) electrons. The number of piperazine rings is 1. The maximum absolute atomic E-state index is 10.7. The standard InChI is InChI=1S/C13H17BrN4O2/c14-12-7-10(18(19)20)1-2-13(12)17-8-11(9-17)16-5-3-15-4-6-16/h1-2,7,11,15H,3-6,8-9H2. The van der Waals surface area contributed by atoms with Gasteiger partial charge in [-0.1, -0.05) is 0 Å². The molecule has 2 aliphatic heterocycles. The highest BCUT2D eigenvalue weighted by molar-refractivity contribution is 9.10. The molecular formula is C13H17BrN4O2. The minimum absolute atomic E-state index is 0.125. The molecule has 0 saturated carbocycles. The molecule has 1 aromatic rings. The number of hydrogen-bond donors (Lipinski definition) is 1. The van der Waals surface area contributed by atoms with Crippen molar-refractivity contribution in [1.82, 2.24) is 10.2 Å². The highest BCUT2D eigenvalue weighted by Gasteiger charge is 2.33. The first-order chi connectivity index (χ1) is 9.65. The van der Waals surface area contributed by atoms with Crippen molar-refractivity contribution in [2.75, 3.05) is 44.2 Å². The van der Waals surface area contributed by atoms with Crippen LogP contribution >= 0.6 is 15.9 Å². The Morgan fingerprint density at radius 2 is 2.00 bits per heavy atom. The number of halogens is 1. The van der Waals surface area contributed by atoms with Crippen LogP contribution in [0.25, 0.3) is 0 Å². The summed E-state index contributed by atoms with van der Waals surface area (Å²) in [5.41, 5.74) is 1.17. The third-order valence-corrected chi connectivity index (χ3v) is 4.65. The van der Waals surface area contributed by atoms with Gasteiger partial charge in [-0.25, -0.2) is 0 Å². The molecule has 0 aromatic heterocycles. The van der Waals surface area contributed by atoms with Crippen LogP contribution in [0.2, 0.25) is 0 Å². The first-order valence-corrected chi connectivity index (χ1v) is 7.58. The van der Waals surface area contributed by atoms with E-state index >= 15 is 0 Å². The first-order valence-electron chi connectivity index (χ1n) is 6.79. The molecule has 3 rings (SSSR count). The summed E-state index contributed by atoms with van der Waals surface area (Å²) in [7, 11) is 0. The predicted octanol–water partition coefficient (Wildman–Crippen LogP) is 1.45. The van der Waals surface area contributed by atoms with Gasteiger partial charge in [-0.15, -0.1) is 0 Å². The molecular weight excluding hydrogens is 324 g/mol. The van der Waals surface area contributed by atoms with Crippen LogP contribution in [0.1, 0.15) is 0 Å². The van der Waals surface area contributed by atoms with E-state index in [1.165, 1.54) is 0 Å². The fourth-order valence-corrected chi connectivity index (χ4v) is 3.41. The fourth-order valence-electron chi connectivity index (χ4n) is 2.80. The van der Waals surface area contributed by atoms with Crippen LogP contribution in [0.15, 0.2) is 22.7 Å². The van der Waals surface area contributed by atoms with Gasteiger partial charge in [0, 0.05) is 61.9 Å². The van der Waals surface area contributed by atoms with Gasteiger partial charge in [-0.2, -0.15) is 0 Å². The van der Waals surface area contributed by atoms with Crippen molar-refractivity contribution in [3.63, 3.8) is 0 Å². The number of nitrogens with one attached hydrogen (secondary N) is 1. The van der Waals surface area contributed by atoms with Crippen molar-refractivity contribution < 1.29 is 4.92 Å². The second-order valence-corrected chi connectivity index (χ2v) is 6.09. The zero-order chi connectivity index (χ0) is 14.1. The van der Waals surface area contributed by atoms with Gasteiger partial charge in [0.1, 0.15) is 0 Å². The van der Waals surface area contributed by atoms with Crippen LogP contribution in [0.4, 0.5) is 11.4 Å². The third kappa shape index (κ3) is 2.65. The summed E-state index contributed by atoms with van der Waals surface area (Å²) < 4.78 is 0.797. The van der Waals surface area contributed by atoms with E-state index in [2.05, 4.69) is 31.0 Å². The Labute approximate surface area is 126 Å². The molecule has 0 aliphatic carbocycles. The average Bonchev–Trinajstić information content (AvgIpc) is 2.40. The fraction of sp³-hybridized carbons (Fsp3) is 0.538. The van der Waals surface area contributed by atoms with Gasteiger partial charge < -0.3 is 10.2 Å². The largest absolute Gasteiger partial charge is 0.367 e. The van der Waals surface area contributed by atoms with Crippen molar-refractivity contribution in [3.05, 3.63) is 32.8 Å². The summed E-state index contributed by atoms with van der Waals surface area (Å²) in [6.07, 6.45) is 0. The minimum atomic E-state index is -0.367. The monoisotopic (exact) mass is 340 g/mol. The quantitative estimate of drug-likeness (QED) is 0.666. The Hall–Kier alpha value is -1.18. The molecule has 1 aromatic carbocycles. The Bertz CT molecular complexity index is 513. The molecule has 2 aliphatic rings. The second-order valence-electron chi connectivity index (χ2n) is 5.24. The Kier molecular flexibility index (Phi) is 3.91. The number of nitro benzene ring substituents is 1. The number of benzene rings is 1. The topological polar surface area (TPSA) is 61.7 Å². The molecule has 2 saturated heterocycles. The lowest BCUT2D eigenvalue weighted by molar-refractivity contribution is -0.384. The van der Waals surface area contributed by atoms with Gasteiger partial charge in [0.2, 0.25) is 0 Å². The van der Waals surface area contributed by atoms with Crippen molar-refractivity contribution in [2.45, 2.75) is 6.04 Å². The zero-order valence-corrected chi connectivity index (χ0v) is 12.7. The van der Waals surface area contributed by atoms with E-state index in [9.17, 15) is 10.1 Å². The van der Waals surface area contributed by atoms with Gasteiger partial charge in [0.05, 0.1) is 10.6 Å². The minimum Gasteiger partial charge on any atom is -0.367 e. The van der Waals surface area contributed by atoms with Crippen molar-refractivity contribution >= 4 is 27.3 Å². The lowest BCUT2D eigenvalue weighted by Crippen LogP contribution is -2.63. The molecule has 1 N–H and O–H groups in total. The number of nitrogens with zero attached hydrogens (tertiary/aromatic N) is 3. The summed E-state index contributed by atoms with van der Waals surface area (Å²) in [4.78, 5) is 15.2. The Morgan fingerprint density at radius 1 is 1.30 bits per heavy atom. The summed E-state index contributed by atoms with van der Waals surface area (Å²) in [5, 5.41) is 14.1. The maximum Gasteiger partial charge on any atom is 0.270 e. The van der Waals surface area contributed by atoms with E-state index in [0.29, 0.717) is 6.04 Å². The van der Waals surface area contributed by atoms with E-state index in [1.54, 1.807) is 12.1 Å². The van der Waals surface area contributed by atoms with Crippen LogP contribution in [0.5, 0.6) is 0 Å². The van der Waals surface area contributed by atoms with Gasteiger partial charge in [0.25, 0.3) is 5.69 Å². The summed E-state index contributed by atoms with van der Waals surface area (Å²) in [5.74, 6) is 0. The third-order valence-electron chi connectivity index (χ3n) is 4.01. The number of non-ortho nitro benzene ring substituents is 1. The van der Waals surface area contributed by atoms with Gasteiger partial charge >= 0.3 is 0 Å². The average molecular weight is 341 g/mol. The SMILES string of the molecule is O=[N+]([O-])c1ccc(N2CC(N3CCNCC3)C2)c(Br)c1. The number of rotatable bonds is 3. The van der Waals surface area contributed by atoms with Crippen LogP contribution < -0.4 is 10.2 Å². The number of anilines is 1. The molecule has 0 amide bonds. The Morgan fingerprint density at radius 3 is 2.60 bits per heavy atom. The normalized spacial score (nSPS) is 20.8. The second kappa shape index (κ2) is 5.67. The predicted molar refractivity (Wildman–Crippen MR) is 81.2 cm³/mol. The van der Waals surface area contributed by atoms with Crippen LogP contribution in [-0.4, -0.2) is 55.1 Å². The smallest absolute Gasteiger partial charge is 0.270 e. The highest BCUT2D eigenvalue weighted by atomic mass is 79.9. The molecule has 7 heteroatoms. The van der Waals surface area contributed by atoms with Gasteiger partial charge in [0.15, 0.2) is 0 Å². The Balaban J connectivity index is 1.63. The summed E-state index contributed by atoms with van der Waals surface area (Å²) in [6.45, 7) is 6.35. The molecule has 0 spiro atoms. The van der Waals surface area contributed by atoms with Crippen molar-refractivity contribution in [2.24, 2.45) is 0 Å². The highest BCUT2D eigenvalue weighted by Crippen LogP contribution is 2.33. The van der Waals surface area contributed by atoms with E-state index in [1.807, 2.05) is 6.07 Å². The maximum atomic E-state index is 10.7. The molecule has 2 heterocycles. The van der Waals surface area contributed by atoms with Gasteiger partial charge in [-0.3, -0.25) is 15.0 Å². The first kappa shape index (κ1) is 13.8. The molecule has 20 heavy (non-hydrogen) atoms. The molecule has 0 atom stereocenters. The lowest BCUT2D eigenvalue weighted by atomic mass is 10.0. The number of hydrogen-bond acceptors (Lipinski definition) is 5. The van der Waals surface area contributed by atoms with E-state index < -0.39 is 0 Å². The summed E-state index contributed by atoms with van der Waals surface area (Å²) >= 11 is 3.44. The lowest BCUT2D eigenvalue weighted by Gasteiger charge is -2.48. The van der Waals surface area contributed by atoms with Crippen LogP contribution in [0, 0.1) is 10.1 Å². The molecule has 6 nitrogen and oxygen atoms in total. The number of nitro groups is 1. The molecule has 2 fully saturated rings. The van der Waals surface area contributed by atoms with Crippen LogP contribution in [0.3, 0.4) is 0 Å². The van der Waals surface area contributed by atoms with E-state index in [4.69, 9.17) is 0 Å². The molecule has 108 valence electrons. The summed E-state index contributed by atoms with van der Waals surface area (Å²) in [6, 6.07) is 5.58.